The average molecular weight is 294 g/mol. The van der Waals surface area contributed by atoms with Crippen LogP contribution >= 0.6 is 11.3 Å². The normalized spacial score (nSPS) is 15.7. The number of aliphatic imine (C=N–C) groups is 1. The van der Waals surface area contributed by atoms with Crippen LogP contribution in [0.2, 0.25) is 0 Å². The first-order chi connectivity index (χ1) is 10.2. The Morgan fingerprint density at radius 3 is 2.95 bits per heavy atom. The van der Waals surface area contributed by atoms with Crippen LogP contribution in [0, 0.1) is 0 Å². The lowest BCUT2D eigenvalue weighted by atomic mass is 10.2. The van der Waals surface area contributed by atoms with Crippen molar-refractivity contribution < 1.29 is 0 Å². The second-order valence-electron chi connectivity index (χ2n) is 4.61. The van der Waals surface area contributed by atoms with Gasteiger partial charge in [0.1, 0.15) is 5.82 Å². The number of benzene rings is 1. The van der Waals surface area contributed by atoms with Gasteiger partial charge in [0.15, 0.2) is 4.96 Å². The minimum atomic E-state index is -0.331. The fraction of sp³-hybridized carbons (Fsp3) is 0. The number of aromatic nitrogens is 2. The highest BCUT2D eigenvalue weighted by molar-refractivity contribution is 7.23. The van der Waals surface area contributed by atoms with E-state index in [1.165, 1.54) is 11.3 Å². The molecule has 5 nitrogen and oxygen atoms in total. The van der Waals surface area contributed by atoms with Crippen molar-refractivity contribution in [3.05, 3.63) is 58.0 Å². The summed E-state index contributed by atoms with van der Waals surface area (Å²) in [5, 5.41) is 0. The van der Waals surface area contributed by atoms with Gasteiger partial charge in [-0.25, -0.2) is 0 Å². The average Bonchev–Trinajstić information content (AvgIpc) is 3.10. The fourth-order valence-electron chi connectivity index (χ4n) is 2.34. The Hall–Kier alpha value is -2.73. The number of rotatable bonds is 1. The van der Waals surface area contributed by atoms with E-state index in [1.807, 2.05) is 40.8 Å². The summed E-state index contributed by atoms with van der Waals surface area (Å²) in [4.78, 5) is 21.1. The number of fused-ring (bicyclic) bond motifs is 3. The van der Waals surface area contributed by atoms with Gasteiger partial charge in [-0.05, 0) is 30.4 Å². The van der Waals surface area contributed by atoms with Crippen LogP contribution in [0.4, 0.5) is 5.82 Å². The Kier molecular flexibility index (Phi) is 2.52. The van der Waals surface area contributed by atoms with E-state index in [4.69, 9.17) is 5.73 Å². The second kappa shape index (κ2) is 4.39. The highest BCUT2D eigenvalue weighted by atomic mass is 32.1. The number of nitrogens with zero attached hydrogens (tertiary/aromatic N) is 3. The van der Waals surface area contributed by atoms with Gasteiger partial charge in [-0.2, -0.15) is 4.98 Å². The van der Waals surface area contributed by atoms with Gasteiger partial charge in [0.2, 0.25) is 0 Å². The predicted octanol–water partition coefficient (Wildman–Crippen LogP) is 2.47. The Morgan fingerprint density at radius 1 is 1.29 bits per heavy atom. The van der Waals surface area contributed by atoms with Crippen LogP contribution in [-0.4, -0.2) is 15.6 Å². The molecule has 0 fully saturated rings. The first-order valence-electron chi connectivity index (χ1n) is 6.36. The van der Waals surface area contributed by atoms with Crippen molar-refractivity contribution in [2.75, 3.05) is 5.73 Å². The summed E-state index contributed by atoms with van der Waals surface area (Å²) >= 11 is 1.45. The first kappa shape index (κ1) is 12.0. The van der Waals surface area contributed by atoms with Gasteiger partial charge in [0.25, 0.3) is 5.56 Å². The van der Waals surface area contributed by atoms with Gasteiger partial charge in [-0.1, -0.05) is 23.5 Å². The molecule has 0 saturated heterocycles. The molecule has 21 heavy (non-hydrogen) atoms. The Bertz CT molecular complexity index is 1010. The third-order valence-electron chi connectivity index (χ3n) is 3.31. The van der Waals surface area contributed by atoms with E-state index in [9.17, 15) is 4.79 Å². The SMILES string of the molecule is Nc1c(/C=C2/C=CC=N2)c(=O)nc2sc3ccccc3n12. The molecule has 0 spiro atoms. The third kappa shape index (κ3) is 1.80. The van der Waals surface area contributed by atoms with E-state index in [0.717, 1.165) is 10.2 Å². The summed E-state index contributed by atoms with van der Waals surface area (Å²) in [6.45, 7) is 0. The van der Waals surface area contributed by atoms with Crippen molar-refractivity contribution in [1.29, 1.82) is 0 Å². The molecule has 1 aliphatic rings. The molecule has 4 rings (SSSR count). The van der Waals surface area contributed by atoms with Crippen LogP contribution in [-0.2, 0) is 0 Å². The van der Waals surface area contributed by atoms with Crippen molar-refractivity contribution in [2.45, 2.75) is 0 Å². The highest BCUT2D eigenvalue weighted by Gasteiger charge is 2.13. The molecular formula is C15H10N4OS. The van der Waals surface area contributed by atoms with E-state index in [1.54, 1.807) is 12.3 Å². The maximum atomic E-state index is 12.2. The number of para-hydroxylation sites is 1. The van der Waals surface area contributed by atoms with E-state index in [-0.39, 0.29) is 5.56 Å². The number of allylic oxidation sites excluding steroid dienone is 2. The standard InChI is InChI=1S/C15H10N4OS/c16-13-10(8-9-4-3-7-17-9)14(20)18-15-19(13)11-5-1-2-6-12(11)21-15/h1-8H,16H2/b9-8-. The monoisotopic (exact) mass is 294 g/mol. The fourth-order valence-corrected chi connectivity index (χ4v) is 3.36. The summed E-state index contributed by atoms with van der Waals surface area (Å²) in [6, 6.07) is 7.84. The van der Waals surface area contributed by atoms with Gasteiger partial charge in [-0.15, -0.1) is 0 Å². The number of hydrogen-bond donors (Lipinski definition) is 1. The highest BCUT2D eigenvalue weighted by Crippen LogP contribution is 2.28. The van der Waals surface area contributed by atoms with Crippen LogP contribution in [0.25, 0.3) is 21.3 Å². The molecule has 3 aromatic rings. The van der Waals surface area contributed by atoms with E-state index >= 15 is 0 Å². The third-order valence-corrected chi connectivity index (χ3v) is 4.33. The van der Waals surface area contributed by atoms with Gasteiger partial charge in [0.05, 0.1) is 21.5 Å². The summed E-state index contributed by atoms with van der Waals surface area (Å²) < 4.78 is 2.86. The molecule has 0 bridgehead atoms. The maximum Gasteiger partial charge on any atom is 0.283 e. The Labute approximate surface area is 123 Å². The molecule has 102 valence electrons. The van der Waals surface area contributed by atoms with E-state index in [0.29, 0.717) is 22.0 Å². The number of hydrogen-bond acceptors (Lipinski definition) is 5. The number of nitrogen functional groups attached to an aromatic ring is 1. The predicted molar refractivity (Wildman–Crippen MR) is 86.9 cm³/mol. The quantitative estimate of drug-likeness (QED) is 0.749. The van der Waals surface area contributed by atoms with Crippen molar-refractivity contribution in [3.63, 3.8) is 0 Å². The van der Waals surface area contributed by atoms with Crippen LogP contribution in [0.3, 0.4) is 0 Å². The molecule has 2 N–H and O–H groups in total. The van der Waals surface area contributed by atoms with Crippen molar-refractivity contribution in [3.8, 4) is 0 Å². The van der Waals surface area contributed by atoms with Gasteiger partial charge in [-0.3, -0.25) is 14.2 Å². The molecule has 0 radical (unpaired) electrons. The molecule has 0 atom stereocenters. The zero-order chi connectivity index (χ0) is 14.4. The zero-order valence-corrected chi connectivity index (χ0v) is 11.7. The molecular weight excluding hydrogens is 284 g/mol. The summed E-state index contributed by atoms with van der Waals surface area (Å²) in [5.74, 6) is 0.394. The lowest BCUT2D eigenvalue weighted by molar-refractivity contribution is 1.14. The summed E-state index contributed by atoms with van der Waals surface area (Å²) in [5.41, 5.74) is 7.90. The summed E-state index contributed by atoms with van der Waals surface area (Å²) in [6.07, 6.45) is 6.97. The molecule has 0 unspecified atom stereocenters. The van der Waals surface area contributed by atoms with Crippen molar-refractivity contribution in [1.82, 2.24) is 9.38 Å². The largest absolute Gasteiger partial charge is 0.384 e. The van der Waals surface area contributed by atoms with Crippen LogP contribution in [0.5, 0.6) is 0 Å². The number of nitrogens with two attached hydrogens (primary N) is 1. The molecule has 1 aromatic carbocycles. The van der Waals surface area contributed by atoms with Gasteiger partial charge < -0.3 is 5.73 Å². The molecule has 0 saturated carbocycles. The number of thiazole rings is 1. The molecule has 6 heteroatoms. The second-order valence-corrected chi connectivity index (χ2v) is 5.62. The zero-order valence-electron chi connectivity index (χ0n) is 10.9. The van der Waals surface area contributed by atoms with E-state index in [2.05, 4.69) is 9.98 Å². The van der Waals surface area contributed by atoms with Gasteiger partial charge >= 0.3 is 0 Å². The topological polar surface area (TPSA) is 72.8 Å². The minimum Gasteiger partial charge on any atom is -0.384 e. The van der Waals surface area contributed by atoms with Crippen LogP contribution in [0.1, 0.15) is 5.56 Å². The molecule has 2 aromatic heterocycles. The smallest absolute Gasteiger partial charge is 0.283 e. The maximum absolute atomic E-state index is 12.2. The minimum absolute atomic E-state index is 0.331. The number of anilines is 1. The first-order valence-corrected chi connectivity index (χ1v) is 7.18. The Balaban J connectivity index is 2.10. The van der Waals surface area contributed by atoms with E-state index < -0.39 is 0 Å². The van der Waals surface area contributed by atoms with Crippen molar-refractivity contribution >= 4 is 44.6 Å². The molecule has 0 amide bonds. The lowest BCUT2D eigenvalue weighted by Crippen LogP contribution is -2.16. The Morgan fingerprint density at radius 2 is 2.14 bits per heavy atom. The van der Waals surface area contributed by atoms with Gasteiger partial charge in [0, 0.05) is 6.21 Å². The lowest BCUT2D eigenvalue weighted by Gasteiger charge is -2.04. The molecule has 0 aliphatic carbocycles. The van der Waals surface area contributed by atoms with Crippen LogP contribution in [0.15, 0.2) is 51.9 Å². The molecule has 3 heterocycles. The molecule has 1 aliphatic heterocycles. The van der Waals surface area contributed by atoms with Crippen molar-refractivity contribution in [2.24, 2.45) is 4.99 Å². The van der Waals surface area contributed by atoms with Crippen LogP contribution < -0.4 is 11.3 Å². The summed E-state index contributed by atoms with van der Waals surface area (Å²) in [7, 11) is 0.